The van der Waals surface area contributed by atoms with E-state index in [0.29, 0.717) is 24.5 Å². The molecule has 150 valence electrons. The average Bonchev–Trinajstić information content (AvgIpc) is 3.24. The van der Waals surface area contributed by atoms with Gasteiger partial charge >= 0.3 is 0 Å². The summed E-state index contributed by atoms with van der Waals surface area (Å²) in [6.07, 6.45) is 0. The normalized spacial score (nSPS) is 10.7. The van der Waals surface area contributed by atoms with E-state index >= 15 is 0 Å². The van der Waals surface area contributed by atoms with Gasteiger partial charge in [0.1, 0.15) is 12.4 Å². The Balaban J connectivity index is 1.67. The molecule has 29 heavy (non-hydrogen) atoms. The molecule has 0 radical (unpaired) electrons. The molecule has 0 bridgehead atoms. The van der Waals surface area contributed by atoms with Crippen LogP contribution in [0.25, 0.3) is 0 Å². The number of nitro benzene ring substituents is 1. The third-order valence-corrected chi connectivity index (χ3v) is 4.99. The van der Waals surface area contributed by atoms with Gasteiger partial charge in [0.2, 0.25) is 0 Å². The van der Waals surface area contributed by atoms with Crippen molar-refractivity contribution < 1.29 is 14.5 Å². The van der Waals surface area contributed by atoms with Gasteiger partial charge in [0.15, 0.2) is 0 Å². The number of hydrogen-bond acceptors (Lipinski definition) is 6. The van der Waals surface area contributed by atoms with Gasteiger partial charge in [-0.05, 0) is 43.7 Å². The zero-order chi connectivity index (χ0) is 20.8. The van der Waals surface area contributed by atoms with Gasteiger partial charge in [0.05, 0.1) is 16.1 Å². The second kappa shape index (κ2) is 9.29. The summed E-state index contributed by atoms with van der Waals surface area (Å²) in [5.41, 5.74) is 4.04. The highest BCUT2D eigenvalue weighted by atomic mass is 32.1. The Labute approximate surface area is 172 Å². The molecule has 0 fully saturated rings. The molecule has 0 aliphatic heterocycles. The first-order chi connectivity index (χ1) is 13.9. The Kier molecular flexibility index (Phi) is 6.56. The smallest absolute Gasteiger partial charge is 0.269 e. The van der Waals surface area contributed by atoms with Crippen molar-refractivity contribution in [1.29, 1.82) is 0 Å². The number of nitro groups is 1. The van der Waals surface area contributed by atoms with E-state index in [1.807, 2.05) is 19.2 Å². The van der Waals surface area contributed by atoms with Gasteiger partial charge in [-0.15, -0.1) is 11.3 Å². The summed E-state index contributed by atoms with van der Waals surface area (Å²) in [7, 11) is 0. The van der Waals surface area contributed by atoms with Gasteiger partial charge in [-0.2, -0.15) is 0 Å². The molecule has 0 N–H and O–H groups in total. The molecule has 0 atom stereocenters. The SMILES string of the molecule is CC(C)N(Cc1ccc([N+](=O)[O-])cc1)C(=O)c1ccc(OCc2cscn2)cc1. The monoisotopic (exact) mass is 411 g/mol. The summed E-state index contributed by atoms with van der Waals surface area (Å²) in [5.74, 6) is 0.561. The first-order valence-corrected chi connectivity index (χ1v) is 10.0. The van der Waals surface area contributed by atoms with Gasteiger partial charge in [0, 0.05) is 35.7 Å². The van der Waals surface area contributed by atoms with Crippen LogP contribution in [0.1, 0.15) is 35.5 Å². The van der Waals surface area contributed by atoms with Gasteiger partial charge in [0.25, 0.3) is 11.6 Å². The van der Waals surface area contributed by atoms with Crippen LogP contribution in [0.15, 0.2) is 59.4 Å². The molecule has 3 rings (SSSR count). The highest BCUT2D eigenvalue weighted by Crippen LogP contribution is 2.19. The van der Waals surface area contributed by atoms with E-state index in [1.54, 1.807) is 46.8 Å². The van der Waals surface area contributed by atoms with Gasteiger partial charge in [-0.3, -0.25) is 14.9 Å². The molecular formula is C21H21N3O4S. The quantitative estimate of drug-likeness (QED) is 0.397. The van der Waals surface area contributed by atoms with Crippen LogP contribution >= 0.6 is 11.3 Å². The lowest BCUT2D eigenvalue weighted by Crippen LogP contribution is -2.36. The fraction of sp³-hybridized carbons (Fsp3) is 0.238. The van der Waals surface area contributed by atoms with Crippen molar-refractivity contribution >= 4 is 22.9 Å². The number of carbonyl (C=O) groups is 1. The minimum Gasteiger partial charge on any atom is -0.487 e. The predicted octanol–water partition coefficient (Wildman–Crippen LogP) is 4.68. The topological polar surface area (TPSA) is 85.6 Å². The van der Waals surface area contributed by atoms with Crippen LogP contribution in [0.2, 0.25) is 0 Å². The van der Waals surface area contributed by atoms with E-state index in [4.69, 9.17) is 4.74 Å². The number of non-ortho nitro benzene ring substituents is 1. The molecule has 3 aromatic rings. The summed E-state index contributed by atoms with van der Waals surface area (Å²) in [6.45, 7) is 4.63. The van der Waals surface area contributed by atoms with Crippen molar-refractivity contribution in [3.05, 3.63) is 86.4 Å². The summed E-state index contributed by atoms with van der Waals surface area (Å²) < 4.78 is 5.68. The largest absolute Gasteiger partial charge is 0.487 e. The van der Waals surface area contributed by atoms with Crippen molar-refractivity contribution in [2.75, 3.05) is 0 Å². The lowest BCUT2D eigenvalue weighted by Gasteiger charge is -2.27. The zero-order valence-electron chi connectivity index (χ0n) is 16.1. The number of benzene rings is 2. The molecule has 8 heteroatoms. The fourth-order valence-corrected chi connectivity index (χ4v) is 3.28. The molecule has 0 aliphatic rings. The Morgan fingerprint density at radius 1 is 1.17 bits per heavy atom. The molecule has 1 aromatic heterocycles. The molecular weight excluding hydrogens is 390 g/mol. The minimum atomic E-state index is -0.437. The molecule has 1 heterocycles. The highest BCUT2D eigenvalue weighted by molar-refractivity contribution is 7.07. The zero-order valence-corrected chi connectivity index (χ0v) is 17.0. The van der Waals surface area contributed by atoms with Crippen LogP contribution in [0, 0.1) is 10.1 Å². The first kappa shape index (κ1) is 20.5. The molecule has 0 saturated heterocycles. The van der Waals surface area contributed by atoms with Gasteiger partial charge < -0.3 is 9.64 Å². The molecule has 0 unspecified atom stereocenters. The highest BCUT2D eigenvalue weighted by Gasteiger charge is 2.19. The third kappa shape index (κ3) is 5.39. The van der Waals surface area contributed by atoms with E-state index < -0.39 is 4.92 Å². The number of carbonyl (C=O) groups excluding carboxylic acids is 1. The number of nitrogens with zero attached hydrogens (tertiary/aromatic N) is 3. The first-order valence-electron chi connectivity index (χ1n) is 9.08. The predicted molar refractivity (Wildman–Crippen MR) is 111 cm³/mol. The van der Waals surface area contributed by atoms with Crippen LogP contribution in [0.3, 0.4) is 0 Å². The van der Waals surface area contributed by atoms with E-state index in [0.717, 1.165) is 11.3 Å². The average molecular weight is 411 g/mol. The van der Waals surface area contributed by atoms with E-state index in [-0.39, 0.29) is 17.6 Å². The van der Waals surface area contributed by atoms with Crippen LogP contribution in [0.4, 0.5) is 5.69 Å². The minimum absolute atomic E-state index is 0.0294. The number of amides is 1. The van der Waals surface area contributed by atoms with Crippen LogP contribution in [-0.2, 0) is 13.2 Å². The van der Waals surface area contributed by atoms with Crippen LogP contribution < -0.4 is 4.74 Å². The van der Waals surface area contributed by atoms with Crippen LogP contribution in [0.5, 0.6) is 5.75 Å². The molecule has 2 aromatic carbocycles. The summed E-state index contributed by atoms with van der Waals surface area (Å²) >= 11 is 1.52. The maximum atomic E-state index is 13.0. The second-order valence-corrected chi connectivity index (χ2v) is 7.46. The van der Waals surface area contributed by atoms with Crippen molar-refractivity contribution in [2.45, 2.75) is 33.0 Å². The van der Waals surface area contributed by atoms with E-state index in [1.165, 1.54) is 23.5 Å². The lowest BCUT2D eigenvalue weighted by molar-refractivity contribution is -0.384. The van der Waals surface area contributed by atoms with Gasteiger partial charge in [-0.1, -0.05) is 12.1 Å². The molecule has 0 spiro atoms. The van der Waals surface area contributed by atoms with E-state index in [2.05, 4.69) is 4.98 Å². The number of ether oxygens (including phenoxy) is 1. The third-order valence-electron chi connectivity index (χ3n) is 4.36. The maximum Gasteiger partial charge on any atom is 0.269 e. The number of rotatable bonds is 8. The van der Waals surface area contributed by atoms with Crippen LogP contribution in [-0.4, -0.2) is 26.8 Å². The molecule has 1 amide bonds. The number of thiazole rings is 1. The fourth-order valence-electron chi connectivity index (χ4n) is 2.73. The Hall–Kier alpha value is -3.26. The summed E-state index contributed by atoms with van der Waals surface area (Å²) in [4.78, 5) is 29.3. The standard InChI is InChI=1S/C21H21N3O4S/c1-15(2)23(11-16-3-7-19(8-4-16)24(26)27)21(25)17-5-9-20(10-6-17)28-12-18-13-29-14-22-18/h3-10,13-15H,11-12H2,1-2H3. The second-order valence-electron chi connectivity index (χ2n) is 6.74. The Morgan fingerprint density at radius 3 is 2.41 bits per heavy atom. The van der Waals surface area contributed by atoms with E-state index in [9.17, 15) is 14.9 Å². The maximum absolute atomic E-state index is 13.0. The van der Waals surface area contributed by atoms with Gasteiger partial charge in [-0.25, -0.2) is 4.98 Å². The van der Waals surface area contributed by atoms with Crippen molar-refractivity contribution in [3.63, 3.8) is 0 Å². The number of aromatic nitrogens is 1. The van der Waals surface area contributed by atoms with Crippen molar-refractivity contribution in [2.24, 2.45) is 0 Å². The Morgan fingerprint density at radius 2 is 1.86 bits per heavy atom. The lowest BCUT2D eigenvalue weighted by atomic mass is 10.1. The molecule has 0 aliphatic carbocycles. The summed E-state index contributed by atoms with van der Waals surface area (Å²) in [6, 6.07) is 13.2. The number of hydrogen-bond donors (Lipinski definition) is 0. The Bertz CT molecular complexity index is 955. The summed E-state index contributed by atoms with van der Waals surface area (Å²) in [5, 5.41) is 12.7. The molecule has 0 saturated carbocycles. The molecule has 7 nitrogen and oxygen atoms in total. The van der Waals surface area contributed by atoms with Crippen molar-refractivity contribution in [1.82, 2.24) is 9.88 Å². The van der Waals surface area contributed by atoms with Crippen molar-refractivity contribution in [3.8, 4) is 5.75 Å².